The normalized spacial score (nSPS) is 14.7. The van der Waals surface area contributed by atoms with Gasteiger partial charge < -0.3 is 24.3 Å². The third kappa shape index (κ3) is 3.72. The van der Waals surface area contributed by atoms with E-state index in [2.05, 4.69) is 5.32 Å². The van der Waals surface area contributed by atoms with Gasteiger partial charge in [-0.1, -0.05) is 6.07 Å². The van der Waals surface area contributed by atoms with Crippen LogP contribution in [0, 0.1) is 0 Å². The van der Waals surface area contributed by atoms with Crippen LogP contribution in [0.3, 0.4) is 0 Å². The second-order valence-corrected chi connectivity index (χ2v) is 6.76. The number of fused-ring (bicyclic) bond motifs is 3. The van der Waals surface area contributed by atoms with Crippen molar-refractivity contribution in [3.05, 3.63) is 41.0 Å². The molecule has 0 aromatic heterocycles. The summed E-state index contributed by atoms with van der Waals surface area (Å²) in [5.74, 6) is 1.05. The van der Waals surface area contributed by atoms with Gasteiger partial charge in [0.05, 0.1) is 40.0 Å². The van der Waals surface area contributed by atoms with Crippen LogP contribution in [0.2, 0.25) is 0 Å². The summed E-state index contributed by atoms with van der Waals surface area (Å²) < 4.78 is 21.6. The van der Waals surface area contributed by atoms with E-state index in [1.165, 1.54) is 14.0 Å². The first-order valence-electron chi connectivity index (χ1n) is 9.26. The third-order valence-corrected chi connectivity index (χ3v) is 5.11. The van der Waals surface area contributed by atoms with Crippen LogP contribution in [0.15, 0.2) is 24.3 Å². The van der Waals surface area contributed by atoms with E-state index in [1.807, 2.05) is 12.1 Å². The van der Waals surface area contributed by atoms with Gasteiger partial charge in [-0.25, -0.2) is 4.79 Å². The molecular weight excluding hydrogens is 374 g/mol. The van der Waals surface area contributed by atoms with E-state index in [0.717, 1.165) is 22.3 Å². The second kappa shape index (κ2) is 8.43. The zero-order valence-corrected chi connectivity index (χ0v) is 17.3. The number of nitrogens with one attached hydrogen (secondary N) is 1. The summed E-state index contributed by atoms with van der Waals surface area (Å²) in [5, 5.41) is 3.00. The average molecular weight is 399 g/mol. The van der Waals surface area contributed by atoms with E-state index < -0.39 is 5.97 Å². The maximum atomic E-state index is 12.1. The molecule has 7 nitrogen and oxygen atoms in total. The van der Waals surface area contributed by atoms with Crippen molar-refractivity contribution >= 4 is 11.9 Å². The van der Waals surface area contributed by atoms with Crippen molar-refractivity contribution in [2.75, 3.05) is 28.4 Å². The lowest BCUT2D eigenvalue weighted by molar-refractivity contribution is -0.119. The molecule has 1 aliphatic rings. The highest BCUT2D eigenvalue weighted by Crippen LogP contribution is 2.50. The van der Waals surface area contributed by atoms with Gasteiger partial charge in [0.1, 0.15) is 0 Å². The molecular formula is C22H25NO6. The molecule has 154 valence electrons. The molecule has 7 heteroatoms. The van der Waals surface area contributed by atoms with E-state index in [4.69, 9.17) is 18.9 Å². The van der Waals surface area contributed by atoms with Crippen molar-refractivity contribution in [1.29, 1.82) is 0 Å². The van der Waals surface area contributed by atoms with E-state index in [0.29, 0.717) is 35.7 Å². The summed E-state index contributed by atoms with van der Waals surface area (Å²) in [7, 11) is 6.06. The lowest BCUT2D eigenvalue weighted by Crippen LogP contribution is -2.26. The summed E-state index contributed by atoms with van der Waals surface area (Å²) in [6.45, 7) is 1.48. The van der Waals surface area contributed by atoms with Crippen LogP contribution in [0.5, 0.6) is 17.2 Å². The van der Waals surface area contributed by atoms with Crippen LogP contribution >= 0.6 is 0 Å². The predicted octanol–water partition coefficient (Wildman–Crippen LogP) is 3.29. The topological polar surface area (TPSA) is 83.1 Å². The highest BCUT2D eigenvalue weighted by molar-refractivity contribution is 5.92. The zero-order valence-electron chi connectivity index (χ0n) is 17.3. The molecule has 0 saturated heterocycles. The van der Waals surface area contributed by atoms with Crippen molar-refractivity contribution < 1.29 is 28.5 Å². The summed E-state index contributed by atoms with van der Waals surface area (Å²) in [5.41, 5.74) is 3.99. The van der Waals surface area contributed by atoms with Crippen LogP contribution < -0.4 is 19.5 Å². The SMILES string of the molecule is COC(=O)c1ccc2c(c1)[C@@H](NC(C)=O)CCc1cc(OC)c(OC)c(OC)c1-2. The molecule has 0 fully saturated rings. The smallest absolute Gasteiger partial charge is 0.337 e. The fourth-order valence-corrected chi connectivity index (χ4v) is 3.87. The lowest BCUT2D eigenvalue weighted by Gasteiger charge is -2.21. The molecule has 0 aliphatic heterocycles. The Morgan fingerprint density at radius 3 is 2.31 bits per heavy atom. The Hall–Kier alpha value is -3.22. The molecule has 2 aromatic rings. The van der Waals surface area contributed by atoms with E-state index in [-0.39, 0.29) is 11.9 Å². The number of benzene rings is 2. The highest BCUT2D eigenvalue weighted by atomic mass is 16.5. The average Bonchev–Trinajstić information content (AvgIpc) is 2.87. The molecule has 0 spiro atoms. The fraction of sp³-hybridized carbons (Fsp3) is 0.364. The van der Waals surface area contributed by atoms with Crippen LogP contribution in [0.25, 0.3) is 11.1 Å². The molecule has 0 radical (unpaired) electrons. The van der Waals surface area contributed by atoms with Crippen molar-refractivity contribution in [1.82, 2.24) is 5.32 Å². The molecule has 1 N–H and O–H groups in total. The molecule has 1 amide bonds. The highest BCUT2D eigenvalue weighted by Gasteiger charge is 2.29. The minimum Gasteiger partial charge on any atom is -0.493 e. The van der Waals surface area contributed by atoms with Gasteiger partial charge in [0, 0.05) is 12.5 Å². The van der Waals surface area contributed by atoms with Crippen LogP contribution in [0.1, 0.15) is 40.9 Å². The van der Waals surface area contributed by atoms with Gasteiger partial charge >= 0.3 is 5.97 Å². The minimum atomic E-state index is -0.432. The molecule has 2 aromatic carbocycles. The van der Waals surface area contributed by atoms with E-state index in [1.54, 1.807) is 33.5 Å². The number of methoxy groups -OCH3 is 4. The molecule has 1 atom stereocenters. The fourth-order valence-electron chi connectivity index (χ4n) is 3.87. The molecule has 0 unspecified atom stereocenters. The molecule has 29 heavy (non-hydrogen) atoms. The Balaban J connectivity index is 2.31. The van der Waals surface area contributed by atoms with Gasteiger partial charge in [0.2, 0.25) is 11.7 Å². The number of amides is 1. The van der Waals surface area contributed by atoms with Gasteiger partial charge in [-0.3, -0.25) is 4.79 Å². The Bertz CT molecular complexity index is 953. The number of carbonyl (C=O) groups excluding carboxylic acids is 2. The number of carbonyl (C=O) groups is 2. The Morgan fingerprint density at radius 1 is 1.00 bits per heavy atom. The quantitative estimate of drug-likeness (QED) is 0.777. The molecule has 0 bridgehead atoms. The molecule has 0 saturated carbocycles. The maximum absolute atomic E-state index is 12.1. The molecule has 3 rings (SSSR count). The van der Waals surface area contributed by atoms with Crippen molar-refractivity contribution in [3.8, 4) is 28.4 Å². The van der Waals surface area contributed by atoms with Crippen LogP contribution in [-0.4, -0.2) is 40.3 Å². The Labute approximate surface area is 169 Å². The van der Waals surface area contributed by atoms with Gasteiger partial charge in [-0.15, -0.1) is 0 Å². The number of esters is 1. The van der Waals surface area contributed by atoms with Gasteiger partial charge in [-0.05, 0) is 47.7 Å². The molecule has 0 heterocycles. The summed E-state index contributed by atoms with van der Waals surface area (Å²) >= 11 is 0. The first-order chi connectivity index (χ1) is 13.9. The Morgan fingerprint density at radius 2 is 1.72 bits per heavy atom. The van der Waals surface area contributed by atoms with E-state index in [9.17, 15) is 9.59 Å². The van der Waals surface area contributed by atoms with Crippen LogP contribution in [0.4, 0.5) is 0 Å². The largest absolute Gasteiger partial charge is 0.493 e. The first-order valence-corrected chi connectivity index (χ1v) is 9.26. The zero-order chi connectivity index (χ0) is 21.1. The summed E-state index contributed by atoms with van der Waals surface area (Å²) in [6, 6.07) is 7.01. The standard InChI is InChI=1S/C22H25NO6/c1-12(24)23-17-9-7-13-11-18(26-2)20(27-3)21(28-4)19(13)15-8-6-14(10-16(15)17)22(25)29-5/h6,8,10-11,17H,7,9H2,1-5H3,(H,23,24)/t17-/m0/s1. The number of rotatable bonds is 5. The summed E-state index contributed by atoms with van der Waals surface area (Å²) in [6.07, 6.45) is 1.34. The number of aryl methyl sites for hydroxylation is 1. The van der Waals surface area contributed by atoms with E-state index >= 15 is 0 Å². The first kappa shape index (κ1) is 20.5. The Kier molecular flexibility index (Phi) is 5.96. The van der Waals surface area contributed by atoms with Gasteiger partial charge in [0.25, 0.3) is 0 Å². The number of hydrogen-bond donors (Lipinski definition) is 1. The van der Waals surface area contributed by atoms with Crippen molar-refractivity contribution in [2.24, 2.45) is 0 Å². The third-order valence-electron chi connectivity index (χ3n) is 5.11. The number of hydrogen-bond acceptors (Lipinski definition) is 6. The lowest BCUT2D eigenvalue weighted by atomic mass is 9.92. The van der Waals surface area contributed by atoms with Gasteiger partial charge in [-0.2, -0.15) is 0 Å². The summed E-state index contributed by atoms with van der Waals surface area (Å²) in [4.78, 5) is 23.9. The number of ether oxygens (including phenoxy) is 4. The van der Waals surface area contributed by atoms with Crippen molar-refractivity contribution in [2.45, 2.75) is 25.8 Å². The van der Waals surface area contributed by atoms with Crippen LogP contribution in [-0.2, 0) is 16.0 Å². The van der Waals surface area contributed by atoms with Gasteiger partial charge in [0.15, 0.2) is 11.5 Å². The molecule has 1 aliphatic carbocycles. The monoisotopic (exact) mass is 399 g/mol. The predicted molar refractivity (Wildman–Crippen MR) is 108 cm³/mol. The maximum Gasteiger partial charge on any atom is 0.337 e. The van der Waals surface area contributed by atoms with Crippen molar-refractivity contribution in [3.63, 3.8) is 0 Å². The second-order valence-electron chi connectivity index (χ2n) is 6.76. The minimum absolute atomic E-state index is 0.141.